The van der Waals surface area contributed by atoms with E-state index in [-0.39, 0.29) is 17.5 Å². The Balaban J connectivity index is 1.41. The Labute approximate surface area is 181 Å². The molecular weight excluding hydrogens is 402 g/mol. The maximum Gasteiger partial charge on any atom is 0.270 e. The molecule has 3 aliphatic rings. The summed E-state index contributed by atoms with van der Waals surface area (Å²) in [5.41, 5.74) is 1.06. The van der Waals surface area contributed by atoms with Crippen LogP contribution in [-0.4, -0.2) is 104 Å². The molecule has 0 aliphatic carbocycles. The highest BCUT2D eigenvalue weighted by Crippen LogP contribution is 2.29. The number of piperazine rings is 1. The summed E-state index contributed by atoms with van der Waals surface area (Å²) in [4.78, 5) is 44.4. The largest absolute Gasteiger partial charge is 0.379 e. The molecule has 1 aromatic rings. The Morgan fingerprint density at radius 3 is 2.23 bits per heavy atom. The summed E-state index contributed by atoms with van der Waals surface area (Å²) in [6.45, 7) is 6.70. The molecule has 3 saturated heterocycles. The van der Waals surface area contributed by atoms with Crippen LogP contribution in [0.1, 0.15) is 23.2 Å². The fourth-order valence-corrected chi connectivity index (χ4v) is 4.42. The van der Waals surface area contributed by atoms with E-state index in [9.17, 15) is 19.7 Å². The highest BCUT2D eigenvalue weighted by Gasteiger charge is 2.29. The molecule has 0 unspecified atom stereocenters. The second kappa shape index (κ2) is 9.61. The monoisotopic (exact) mass is 431 g/mol. The number of carbonyl (C=O) groups is 2. The highest BCUT2D eigenvalue weighted by molar-refractivity contribution is 6.00. The Bertz CT molecular complexity index is 827. The van der Waals surface area contributed by atoms with Gasteiger partial charge in [0.25, 0.3) is 11.6 Å². The number of hydrogen-bond acceptors (Lipinski definition) is 7. The van der Waals surface area contributed by atoms with Crippen molar-refractivity contribution in [3.63, 3.8) is 0 Å². The molecule has 0 bridgehead atoms. The van der Waals surface area contributed by atoms with Crippen LogP contribution < -0.4 is 4.90 Å². The van der Waals surface area contributed by atoms with Crippen LogP contribution in [-0.2, 0) is 9.53 Å². The van der Waals surface area contributed by atoms with Crippen LogP contribution in [0.2, 0.25) is 0 Å². The van der Waals surface area contributed by atoms with Gasteiger partial charge in [-0.1, -0.05) is 0 Å². The Kier molecular flexibility index (Phi) is 6.67. The molecule has 1 aromatic carbocycles. The van der Waals surface area contributed by atoms with Gasteiger partial charge in [-0.15, -0.1) is 0 Å². The summed E-state index contributed by atoms with van der Waals surface area (Å²) < 4.78 is 5.32. The highest BCUT2D eigenvalue weighted by atomic mass is 16.6. The molecule has 2 amide bonds. The van der Waals surface area contributed by atoms with Crippen molar-refractivity contribution in [2.45, 2.75) is 12.8 Å². The van der Waals surface area contributed by atoms with E-state index in [1.54, 1.807) is 15.9 Å². The first kappa shape index (κ1) is 21.5. The van der Waals surface area contributed by atoms with Crippen molar-refractivity contribution in [2.75, 3.05) is 77.0 Å². The minimum atomic E-state index is -0.465. The average molecular weight is 431 g/mol. The van der Waals surface area contributed by atoms with Gasteiger partial charge in [-0.25, -0.2) is 0 Å². The third kappa shape index (κ3) is 4.96. The molecule has 0 atom stereocenters. The molecule has 10 nitrogen and oxygen atoms in total. The summed E-state index contributed by atoms with van der Waals surface area (Å²) in [7, 11) is 0. The molecule has 31 heavy (non-hydrogen) atoms. The average Bonchev–Trinajstić information content (AvgIpc) is 3.34. The van der Waals surface area contributed by atoms with Crippen LogP contribution in [0.5, 0.6) is 0 Å². The smallest absolute Gasteiger partial charge is 0.270 e. The van der Waals surface area contributed by atoms with Crippen molar-refractivity contribution in [1.82, 2.24) is 14.7 Å². The van der Waals surface area contributed by atoms with Crippen LogP contribution in [0.15, 0.2) is 18.2 Å². The summed E-state index contributed by atoms with van der Waals surface area (Å²) in [5.74, 6) is -0.131. The van der Waals surface area contributed by atoms with E-state index in [1.807, 2.05) is 0 Å². The minimum Gasteiger partial charge on any atom is -0.379 e. The van der Waals surface area contributed by atoms with Crippen LogP contribution in [0.3, 0.4) is 0 Å². The maximum absolute atomic E-state index is 13.3. The molecule has 10 heteroatoms. The maximum atomic E-state index is 13.3. The van der Waals surface area contributed by atoms with Crippen molar-refractivity contribution < 1.29 is 19.2 Å². The van der Waals surface area contributed by atoms with Crippen LogP contribution in [0.4, 0.5) is 11.4 Å². The van der Waals surface area contributed by atoms with Crippen molar-refractivity contribution >= 4 is 23.2 Å². The molecule has 3 fully saturated rings. The number of carbonyl (C=O) groups excluding carboxylic acids is 2. The van der Waals surface area contributed by atoms with E-state index < -0.39 is 4.92 Å². The SMILES string of the molecule is O=C(CN1CCOCC1)N1CCN(C(=O)c2cc([N+](=O)[O-])ccc2N2CCCC2)CC1. The molecule has 0 spiro atoms. The summed E-state index contributed by atoms with van der Waals surface area (Å²) >= 11 is 0. The predicted molar refractivity (Wildman–Crippen MR) is 114 cm³/mol. The van der Waals surface area contributed by atoms with Crippen molar-refractivity contribution in [3.05, 3.63) is 33.9 Å². The summed E-state index contributed by atoms with van der Waals surface area (Å²) in [5, 5.41) is 11.3. The molecule has 0 saturated carbocycles. The van der Waals surface area contributed by atoms with E-state index in [4.69, 9.17) is 4.74 Å². The lowest BCUT2D eigenvalue weighted by Gasteiger charge is -2.36. The number of nitro groups is 1. The molecule has 4 rings (SSSR count). The van der Waals surface area contributed by atoms with Gasteiger partial charge in [-0.3, -0.25) is 24.6 Å². The lowest BCUT2D eigenvalue weighted by Crippen LogP contribution is -2.53. The molecular formula is C21H29N5O5. The zero-order chi connectivity index (χ0) is 21.8. The molecule has 0 aromatic heterocycles. The number of nitrogens with zero attached hydrogens (tertiary/aromatic N) is 5. The fourth-order valence-electron chi connectivity index (χ4n) is 4.42. The van der Waals surface area contributed by atoms with Gasteiger partial charge >= 0.3 is 0 Å². The van der Waals surface area contributed by atoms with Gasteiger partial charge < -0.3 is 19.4 Å². The lowest BCUT2D eigenvalue weighted by molar-refractivity contribution is -0.384. The first-order valence-corrected chi connectivity index (χ1v) is 10.9. The molecule has 0 radical (unpaired) electrons. The molecule has 3 heterocycles. The van der Waals surface area contributed by atoms with E-state index in [0.717, 1.165) is 44.7 Å². The number of morpholine rings is 1. The fraction of sp³-hybridized carbons (Fsp3) is 0.619. The number of rotatable bonds is 5. The second-order valence-corrected chi connectivity index (χ2v) is 8.21. The van der Waals surface area contributed by atoms with Gasteiger partial charge in [-0.05, 0) is 18.9 Å². The van der Waals surface area contributed by atoms with Gasteiger partial charge in [0.15, 0.2) is 0 Å². The topological polar surface area (TPSA) is 99.5 Å². The van der Waals surface area contributed by atoms with Crippen molar-refractivity contribution in [3.8, 4) is 0 Å². The number of benzene rings is 1. The number of nitro benzene ring substituents is 1. The van der Waals surface area contributed by atoms with Gasteiger partial charge in [0.1, 0.15) is 0 Å². The van der Waals surface area contributed by atoms with Crippen LogP contribution in [0.25, 0.3) is 0 Å². The minimum absolute atomic E-state index is 0.0714. The third-order valence-electron chi connectivity index (χ3n) is 6.25. The number of ether oxygens (including phenoxy) is 1. The van der Waals surface area contributed by atoms with Gasteiger partial charge in [0.2, 0.25) is 5.91 Å². The zero-order valence-corrected chi connectivity index (χ0v) is 17.7. The molecule has 168 valence electrons. The number of amides is 2. The van der Waals surface area contributed by atoms with Crippen LogP contribution >= 0.6 is 0 Å². The van der Waals surface area contributed by atoms with Crippen molar-refractivity contribution in [2.24, 2.45) is 0 Å². The predicted octanol–water partition coefficient (Wildman–Crippen LogP) is 0.812. The second-order valence-electron chi connectivity index (χ2n) is 8.21. The third-order valence-corrected chi connectivity index (χ3v) is 6.25. The normalized spacial score (nSPS) is 20.2. The number of non-ortho nitro benzene ring substituents is 1. The Morgan fingerprint density at radius 1 is 0.935 bits per heavy atom. The standard InChI is InChI=1S/C21H29N5O5/c27-20(16-22-11-13-31-14-12-22)24-7-9-25(10-8-24)21(28)18-15-17(26(29)30)3-4-19(18)23-5-1-2-6-23/h3-4,15H,1-2,5-14,16H2. The quantitative estimate of drug-likeness (QED) is 0.502. The van der Waals surface area contributed by atoms with E-state index in [0.29, 0.717) is 51.5 Å². The lowest BCUT2D eigenvalue weighted by atomic mass is 10.1. The Hall–Kier alpha value is -2.72. The summed E-state index contributed by atoms with van der Waals surface area (Å²) in [6.07, 6.45) is 2.10. The zero-order valence-electron chi connectivity index (χ0n) is 17.7. The Morgan fingerprint density at radius 2 is 1.58 bits per heavy atom. The van der Waals surface area contributed by atoms with Crippen molar-refractivity contribution in [1.29, 1.82) is 0 Å². The van der Waals surface area contributed by atoms with E-state index in [1.165, 1.54) is 12.1 Å². The number of hydrogen-bond donors (Lipinski definition) is 0. The first-order chi connectivity index (χ1) is 15.0. The molecule has 3 aliphatic heterocycles. The van der Waals surface area contributed by atoms with Gasteiger partial charge in [-0.2, -0.15) is 0 Å². The van der Waals surface area contributed by atoms with E-state index >= 15 is 0 Å². The first-order valence-electron chi connectivity index (χ1n) is 10.9. The van der Waals surface area contributed by atoms with E-state index in [2.05, 4.69) is 9.80 Å². The van der Waals surface area contributed by atoms with Gasteiger partial charge in [0.05, 0.1) is 35.9 Å². The van der Waals surface area contributed by atoms with Gasteiger partial charge in [0, 0.05) is 64.5 Å². The summed E-state index contributed by atoms with van der Waals surface area (Å²) in [6, 6.07) is 4.55. The number of anilines is 1. The van der Waals surface area contributed by atoms with Crippen LogP contribution in [0, 0.1) is 10.1 Å². The molecule has 0 N–H and O–H groups in total.